The third-order valence-corrected chi connectivity index (χ3v) is 1.63. The fourth-order valence-corrected chi connectivity index (χ4v) is 0.977. The maximum atomic E-state index is 12.8. The Hall–Kier alpha value is -0.960. The summed E-state index contributed by atoms with van der Waals surface area (Å²) in [7, 11) is 2.80. The highest BCUT2D eigenvalue weighted by Gasteiger charge is 2.09. The molecule has 0 N–H and O–H groups in total. The van der Waals surface area contributed by atoms with Gasteiger partial charge in [0.25, 0.3) is 0 Å². The Balaban J connectivity index is 3.18. The highest BCUT2D eigenvalue weighted by Crippen LogP contribution is 2.30. The van der Waals surface area contributed by atoms with Crippen molar-refractivity contribution in [2.75, 3.05) is 14.2 Å². The van der Waals surface area contributed by atoms with Crippen LogP contribution in [-0.4, -0.2) is 14.2 Å². The highest BCUT2D eigenvalue weighted by molar-refractivity contribution is 6.31. The van der Waals surface area contributed by atoms with E-state index in [1.54, 1.807) is 0 Å². The Labute approximate surface area is 74.9 Å². The average Bonchev–Trinajstić information content (AvgIpc) is 2.05. The minimum Gasteiger partial charge on any atom is -0.495 e. The van der Waals surface area contributed by atoms with E-state index in [0.717, 1.165) is 0 Å². The molecular weight excluding hydrogens is 183 g/mol. The fraction of sp³-hybridized carbons (Fsp3) is 0.250. The summed E-state index contributed by atoms with van der Waals surface area (Å²) < 4.78 is 22.4. The first-order valence-corrected chi connectivity index (χ1v) is 3.56. The summed E-state index contributed by atoms with van der Waals surface area (Å²) in [4.78, 5) is 0. The summed E-state index contributed by atoms with van der Waals surface area (Å²) in [6.07, 6.45) is 0. The van der Waals surface area contributed by atoms with Gasteiger partial charge in [0.1, 0.15) is 5.75 Å². The van der Waals surface area contributed by atoms with Crippen LogP contribution in [0.3, 0.4) is 0 Å². The smallest absolute Gasteiger partial charge is 0.174 e. The minimum atomic E-state index is -0.622. The van der Waals surface area contributed by atoms with Crippen LogP contribution in [0, 0.1) is 11.9 Å². The number of hydrogen-bond acceptors (Lipinski definition) is 2. The molecule has 0 saturated heterocycles. The van der Waals surface area contributed by atoms with Gasteiger partial charge in [-0.15, -0.1) is 0 Å². The quantitative estimate of drug-likeness (QED) is 0.711. The summed E-state index contributed by atoms with van der Waals surface area (Å²) in [5, 5.41) is 0.107. The second-order valence-corrected chi connectivity index (χ2v) is 2.41. The molecule has 1 aromatic rings. The van der Waals surface area contributed by atoms with E-state index in [1.807, 2.05) is 0 Å². The Bertz CT molecular complexity index is 263. The standard InChI is InChI=1S/C8H7ClFO2/c1-11-7-4-8(12-2)6(10)3-5(7)9/h4H,1-2H3. The van der Waals surface area contributed by atoms with E-state index >= 15 is 0 Å². The molecule has 0 bridgehead atoms. The highest BCUT2D eigenvalue weighted by atomic mass is 35.5. The zero-order valence-corrected chi connectivity index (χ0v) is 7.41. The lowest BCUT2D eigenvalue weighted by molar-refractivity contribution is 0.373. The van der Waals surface area contributed by atoms with Gasteiger partial charge in [0.2, 0.25) is 0 Å². The van der Waals surface area contributed by atoms with Gasteiger partial charge < -0.3 is 9.47 Å². The van der Waals surface area contributed by atoms with Crippen molar-refractivity contribution >= 4 is 11.6 Å². The van der Waals surface area contributed by atoms with Gasteiger partial charge >= 0.3 is 0 Å². The lowest BCUT2D eigenvalue weighted by Gasteiger charge is -2.05. The van der Waals surface area contributed by atoms with Gasteiger partial charge in [-0.3, -0.25) is 0 Å². The van der Waals surface area contributed by atoms with Crippen LogP contribution in [-0.2, 0) is 0 Å². The number of ether oxygens (including phenoxy) is 2. The topological polar surface area (TPSA) is 18.5 Å². The van der Waals surface area contributed by atoms with Gasteiger partial charge in [-0.25, -0.2) is 4.39 Å². The zero-order chi connectivity index (χ0) is 9.14. The molecule has 0 aliphatic rings. The van der Waals surface area contributed by atoms with Gasteiger partial charge in [-0.05, 0) is 0 Å². The molecule has 0 heterocycles. The van der Waals surface area contributed by atoms with E-state index in [1.165, 1.54) is 20.3 Å². The molecule has 0 spiro atoms. The summed E-state index contributed by atoms with van der Waals surface area (Å²) in [6, 6.07) is 3.63. The first kappa shape index (κ1) is 9.13. The molecule has 0 aromatic heterocycles. The van der Waals surface area contributed by atoms with Crippen LogP contribution in [0.5, 0.6) is 11.5 Å². The molecule has 0 amide bonds. The monoisotopic (exact) mass is 189 g/mol. The van der Waals surface area contributed by atoms with Crippen molar-refractivity contribution in [3.63, 3.8) is 0 Å². The Morgan fingerprint density at radius 3 is 2.42 bits per heavy atom. The molecule has 0 aliphatic carbocycles. The second kappa shape index (κ2) is 3.63. The van der Waals surface area contributed by atoms with Crippen LogP contribution < -0.4 is 9.47 Å². The first-order chi connectivity index (χ1) is 5.69. The molecule has 1 rings (SSSR count). The van der Waals surface area contributed by atoms with Crippen molar-refractivity contribution < 1.29 is 13.9 Å². The normalized spacial score (nSPS) is 9.67. The molecular formula is C8H7ClFO2. The summed E-state index contributed by atoms with van der Waals surface area (Å²) >= 11 is 5.58. The predicted octanol–water partition coefficient (Wildman–Crippen LogP) is 2.30. The van der Waals surface area contributed by atoms with Crippen LogP contribution in [0.25, 0.3) is 0 Å². The molecule has 2 nitrogen and oxygen atoms in total. The largest absolute Gasteiger partial charge is 0.495 e. The Morgan fingerprint density at radius 1 is 1.33 bits per heavy atom. The van der Waals surface area contributed by atoms with Gasteiger partial charge in [-0.1, -0.05) is 11.6 Å². The van der Waals surface area contributed by atoms with E-state index < -0.39 is 5.82 Å². The maximum absolute atomic E-state index is 12.8. The fourth-order valence-electron chi connectivity index (χ4n) is 0.762. The van der Waals surface area contributed by atoms with E-state index in [0.29, 0.717) is 5.75 Å². The first-order valence-electron chi connectivity index (χ1n) is 3.18. The molecule has 0 unspecified atom stereocenters. The molecule has 65 valence electrons. The van der Waals surface area contributed by atoms with Crippen LogP contribution in [0.4, 0.5) is 4.39 Å². The summed E-state index contributed by atoms with van der Waals surface area (Å²) in [5.74, 6) is -0.213. The van der Waals surface area contributed by atoms with Gasteiger partial charge in [0.15, 0.2) is 11.6 Å². The van der Waals surface area contributed by atoms with Crippen LogP contribution in [0.2, 0.25) is 5.02 Å². The van der Waals surface area contributed by atoms with Crippen molar-refractivity contribution in [1.29, 1.82) is 0 Å². The predicted molar refractivity (Wildman–Crippen MR) is 43.4 cm³/mol. The summed E-state index contributed by atoms with van der Waals surface area (Å²) in [6.45, 7) is 0. The Kier molecular flexibility index (Phi) is 2.76. The SMILES string of the molecule is COc1cc(OC)c(Cl)[c]c1F. The van der Waals surface area contributed by atoms with Gasteiger partial charge in [0.05, 0.1) is 19.2 Å². The van der Waals surface area contributed by atoms with Gasteiger partial charge in [0, 0.05) is 12.1 Å². The average molecular weight is 190 g/mol. The van der Waals surface area contributed by atoms with Gasteiger partial charge in [-0.2, -0.15) is 0 Å². The number of methoxy groups -OCH3 is 2. The Morgan fingerprint density at radius 2 is 1.92 bits per heavy atom. The lowest BCUT2D eigenvalue weighted by Crippen LogP contribution is -1.91. The number of hydrogen-bond donors (Lipinski definition) is 0. The van der Waals surface area contributed by atoms with Crippen LogP contribution in [0.1, 0.15) is 0 Å². The second-order valence-electron chi connectivity index (χ2n) is 2.03. The molecule has 0 aliphatic heterocycles. The third-order valence-electron chi connectivity index (χ3n) is 1.35. The van der Waals surface area contributed by atoms with Crippen molar-refractivity contribution in [2.24, 2.45) is 0 Å². The van der Waals surface area contributed by atoms with E-state index in [9.17, 15) is 4.39 Å². The zero-order valence-electron chi connectivity index (χ0n) is 6.65. The van der Waals surface area contributed by atoms with Crippen LogP contribution in [0.15, 0.2) is 6.07 Å². The van der Waals surface area contributed by atoms with E-state index in [-0.39, 0.29) is 10.8 Å². The minimum absolute atomic E-state index is 0.0660. The number of rotatable bonds is 2. The number of halogens is 2. The van der Waals surface area contributed by atoms with Crippen molar-refractivity contribution in [2.45, 2.75) is 0 Å². The molecule has 0 atom stereocenters. The third kappa shape index (κ3) is 1.61. The van der Waals surface area contributed by atoms with Crippen molar-refractivity contribution in [3.8, 4) is 11.5 Å². The number of benzene rings is 1. The molecule has 4 heteroatoms. The molecule has 0 saturated carbocycles. The maximum Gasteiger partial charge on any atom is 0.174 e. The molecule has 0 fully saturated rings. The lowest BCUT2D eigenvalue weighted by atomic mass is 10.3. The van der Waals surface area contributed by atoms with Crippen LogP contribution >= 0.6 is 11.6 Å². The van der Waals surface area contributed by atoms with E-state index in [4.69, 9.17) is 21.1 Å². The molecule has 12 heavy (non-hydrogen) atoms. The van der Waals surface area contributed by atoms with E-state index in [2.05, 4.69) is 6.07 Å². The molecule has 1 aromatic carbocycles. The van der Waals surface area contributed by atoms with Crippen molar-refractivity contribution in [3.05, 3.63) is 23.0 Å². The van der Waals surface area contributed by atoms with Crippen molar-refractivity contribution in [1.82, 2.24) is 0 Å². The molecule has 1 radical (unpaired) electrons. The summed E-state index contributed by atoms with van der Waals surface area (Å²) in [5.41, 5.74) is 0.